The van der Waals surface area contributed by atoms with Gasteiger partial charge in [-0.2, -0.15) is 5.10 Å². The first-order valence-corrected chi connectivity index (χ1v) is 8.52. The van der Waals surface area contributed by atoms with Gasteiger partial charge in [0.2, 0.25) is 5.91 Å². The van der Waals surface area contributed by atoms with Gasteiger partial charge in [0.25, 0.3) is 0 Å². The second kappa shape index (κ2) is 9.31. The number of amides is 1. The Labute approximate surface area is 161 Å². The van der Waals surface area contributed by atoms with Gasteiger partial charge < -0.3 is 14.8 Å². The molecule has 7 nitrogen and oxygen atoms in total. The summed E-state index contributed by atoms with van der Waals surface area (Å²) < 4.78 is 25.9. The molecule has 0 spiro atoms. The Morgan fingerprint density at radius 2 is 2.18 bits per heavy atom. The van der Waals surface area contributed by atoms with Gasteiger partial charge in [0, 0.05) is 17.8 Å². The monoisotopic (exact) mass is 382 g/mol. The number of nitrogens with zero attached hydrogens (tertiary/aromatic N) is 3. The third kappa shape index (κ3) is 5.41. The van der Waals surface area contributed by atoms with Gasteiger partial charge in [-0.1, -0.05) is 12.1 Å². The summed E-state index contributed by atoms with van der Waals surface area (Å²) >= 11 is 0. The molecule has 0 aliphatic rings. The first-order chi connectivity index (χ1) is 13.6. The second-order valence-electron chi connectivity index (χ2n) is 5.75. The van der Waals surface area contributed by atoms with Gasteiger partial charge in [0.05, 0.1) is 13.7 Å². The third-order valence-electron chi connectivity index (χ3n) is 3.76. The van der Waals surface area contributed by atoms with Gasteiger partial charge in [-0.15, -0.1) is 0 Å². The van der Waals surface area contributed by atoms with Crippen LogP contribution in [0.1, 0.15) is 5.56 Å². The number of carbonyl (C=O) groups is 1. The molecule has 0 aliphatic carbocycles. The summed E-state index contributed by atoms with van der Waals surface area (Å²) in [6, 6.07) is 11.5. The second-order valence-corrected chi connectivity index (χ2v) is 5.75. The highest BCUT2D eigenvalue weighted by Crippen LogP contribution is 2.19. The molecule has 3 aromatic rings. The zero-order valence-electron chi connectivity index (χ0n) is 15.2. The number of carbonyl (C=O) groups excluding carboxylic acids is 1. The molecule has 1 N–H and O–H groups in total. The van der Waals surface area contributed by atoms with E-state index in [9.17, 15) is 9.18 Å². The summed E-state index contributed by atoms with van der Waals surface area (Å²) in [4.78, 5) is 16.0. The van der Waals surface area contributed by atoms with Crippen LogP contribution in [0.5, 0.6) is 11.5 Å². The fourth-order valence-electron chi connectivity index (χ4n) is 2.41. The van der Waals surface area contributed by atoms with E-state index in [0.29, 0.717) is 30.2 Å². The number of nitrogens with one attached hydrogen (secondary N) is 1. The van der Waals surface area contributed by atoms with Crippen molar-refractivity contribution in [1.29, 1.82) is 0 Å². The van der Waals surface area contributed by atoms with E-state index in [2.05, 4.69) is 15.4 Å². The van der Waals surface area contributed by atoms with E-state index in [4.69, 9.17) is 9.47 Å². The molecule has 0 saturated carbocycles. The van der Waals surface area contributed by atoms with Crippen LogP contribution in [0.2, 0.25) is 0 Å². The minimum absolute atomic E-state index is 0.155. The van der Waals surface area contributed by atoms with E-state index in [1.807, 2.05) is 0 Å². The molecule has 8 heteroatoms. The number of hydrogen-bond acceptors (Lipinski definition) is 5. The normalized spacial score (nSPS) is 10.8. The van der Waals surface area contributed by atoms with Crippen LogP contribution in [-0.4, -0.2) is 34.4 Å². The summed E-state index contributed by atoms with van der Waals surface area (Å²) in [7, 11) is 1.40. The molecule has 2 aromatic carbocycles. The molecular weight excluding hydrogens is 363 g/mol. The average Bonchev–Trinajstić information content (AvgIpc) is 3.20. The SMILES string of the molecule is COc1ccc(/C=C/C(=O)Nc2cccc(OCCn3cncn3)c2)cc1F. The Bertz CT molecular complexity index is 958. The number of methoxy groups -OCH3 is 1. The van der Waals surface area contributed by atoms with Gasteiger partial charge in [-0.25, -0.2) is 14.1 Å². The molecule has 1 heterocycles. The molecule has 0 radical (unpaired) electrons. The molecule has 0 atom stereocenters. The topological polar surface area (TPSA) is 78.3 Å². The van der Waals surface area contributed by atoms with E-state index >= 15 is 0 Å². The summed E-state index contributed by atoms with van der Waals surface area (Å²) in [5, 5.41) is 6.74. The molecule has 1 aromatic heterocycles. The molecule has 0 aliphatic heterocycles. The minimum Gasteiger partial charge on any atom is -0.494 e. The molecule has 144 valence electrons. The van der Waals surface area contributed by atoms with Crippen LogP contribution in [0.25, 0.3) is 6.08 Å². The van der Waals surface area contributed by atoms with Crippen molar-refractivity contribution in [3.8, 4) is 11.5 Å². The van der Waals surface area contributed by atoms with Crippen LogP contribution in [-0.2, 0) is 11.3 Å². The van der Waals surface area contributed by atoms with Crippen LogP contribution in [0.3, 0.4) is 0 Å². The number of benzene rings is 2. The number of hydrogen-bond donors (Lipinski definition) is 1. The number of ether oxygens (including phenoxy) is 2. The predicted octanol–water partition coefficient (Wildman–Crippen LogP) is 3.16. The Kier molecular flexibility index (Phi) is 6.35. The van der Waals surface area contributed by atoms with Gasteiger partial charge in [0.1, 0.15) is 25.0 Å². The average molecular weight is 382 g/mol. The summed E-state index contributed by atoms with van der Waals surface area (Å²) in [6.07, 6.45) is 5.93. The quantitative estimate of drug-likeness (QED) is 0.606. The highest BCUT2D eigenvalue weighted by atomic mass is 19.1. The Morgan fingerprint density at radius 3 is 2.93 bits per heavy atom. The predicted molar refractivity (Wildman–Crippen MR) is 103 cm³/mol. The maximum absolute atomic E-state index is 13.7. The fourth-order valence-corrected chi connectivity index (χ4v) is 2.41. The van der Waals surface area contributed by atoms with Crippen molar-refractivity contribution >= 4 is 17.7 Å². The Hall–Kier alpha value is -3.68. The standard InChI is InChI=1S/C20H19FN4O3/c1-27-19-7-5-15(11-18(19)21)6-8-20(26)24-16-3-2-4-17(12-16)28-10-9-25-14-22-13-23-25/h2-8,11-14H,9-10H2,1H3,(H,24,26)/b8-6+. The van der Waals surface area contributed by atoms with Crippen LogP contribution < -0.4 is 14.8 Å². The Balaban J connectivity index is 1.54. The van der Waals surface area contributed by atoms with Crippen LogP contribution in [0, 0.1) is 5.82 Å². The molecule has 3 rings (SSSR count). The molecular formula is C20H19FN4O3. The van der Waals surface area contributed by atoms with Crippen molar-refractivity contribution in [3.63, 3.8) is 0 Å². The van der Waals surface area contributed by atoms with E-state index in [1.54, 1.807) is 41.3 Å². The lowest BCUT2D eigenvalue weighted by atomic mass is 10.2. The first kappa shape index (κ1) is 19.1. The zero-order valence-corrected chi connectivity index (χ0v) is 15.2. The van der Waals surface area contributed by atoms with Crippen LogP contribution in [0.4, 0.5) is 10.1 Å². The number of anilines is 1. The van der Waals surface area contributed by atoms with Crippen molar-refractivity contribution in [2.75, 3.05) is 19.0 Å². The maximum Gasteiger partial charge on any atom is 0.248 e. The summed E-state index contributed by atoms with van der Waals surface area (Å²) in [5.74, 6) is -0.0434. The van der Waals surface area contributed by atoms with Crippen LogP contribution >= 0.6 is 0 Å². The number of halogens is 1. The zero-order chi connectivity index (χ0) is 19.8. The maximum atomic E-state index is 13.7. The summed E-state index contributed by atoms with van der Waals surface area (Å²) in [5.41, 5.74) is 1.15. The van der Waals surface area contributed by atoms with Crippen molar-refractivity contribution < 1.29 is 18.7 Å². The van der Waals surface area contributed by atoms with Gasteiger partial charge in [-0.3, -0.25) is 4.79 Å². The number of rotatable bonds is 8. The minimum atomic E-state index is -0.485. The van der Waals surface area contributed by atoms with Crippen molar-refractivity contribution in [1.82, 2.24) is 14.8 Å². The molecule has 0 unspecified atom stereocenters. The first-order valence-electron chi connectivity index (χ1n) is 8.52. The molecule has 0 fully saturated rings. The van der Waals surface area contributed by atoms with Gasteiger partial charge >= 0.3 is 0 Å². The van der Waals surface area contributed by atoms with Crippen molar-refractivity contribution in [3.05, 3.63) is 72.6 Å². The lowest BCUT2D eigenvalue weighted by Crippen LogP contribution is -2.10. The third-order valence-corrected chi connectivity index (χ3v) is 3.76. The lowest BCUT2D eigenvalue weighted by molar-refractivity contribution is -0.111. The summed E-state index contributed by atoms with van der Waals surface area (Å²) in [6.45, 7) is 0.988. The molecule has 0 saturated heterocycles. The van der Waals surface area contributed by atoms with E-state index in [0.717, 1.165) is 0 Å². The highest BCUT2D eigenvalue weighted by Gasteiger charge is 2.03. The molecule has 1 amide bonds. The smallest absolute Gasteiger partial charge is 0.248 e. The number of aromatic nitrogens is 3. The fraction of sp³-hybridized carbons (Fsp3) is 0.150. The Morgan fingerprint density at radius 1 is 1.29 bits per heavy atom. The van der Waals surface area contributed by atoms with Gasteiger partial charge in [-0.05, 0) is 35.9 Å². The van der Waals surface area contributed by atoms with E-state index in [1.165, 1.54) is 37.7 Å². The molecule has 28 heavy (non-hydrogen) atoms. The van der Waals surface area contributed by atoms with Crippen molar-refractivity contribution in [2.24, 2.45) is 0 Å². The van der Waals surface area contributed by atoms with E-state index < -0.39 is 5.82 Å². The molecule has 0 bridgehead atoms. The largest absolute Gasteiger partial charge is 0.494 e. The lowest BCUT2D eigenvalue weighted by Gasteiger charge is -2.08. The van der Waals surface area contributed by atoms with Gasteiger partial charge in [0.15, 0.2) is 11.6 Å². The van der Waals surface area contributed by atoms with E-state index in [-0.39, 0.29) is 11.7 Å². The van der Waals surface area contributed by atoms with Crippen LogP contribution in [0.15, 0.2) is 61.2 Å². The van der Waals surface area contributed by atoms with Crippen molar-refractivity contribution in [2.45, 2.75) is 6.54 Å². The highest BCUT2D eigenvalue weighted by molar-refractivity contribution is 6.02.